The average molecular weight is 390 g/mol. The lowest BCUT2D eigenvalue weighted by Crippen LogP contribution is -2.13. The Bertz CT molecular complexity index is 717. The van der Waals surface area contributed by atoms with Crippen LogP contribution in [-0.4, -0.2) is 20.5 Å². The van der Waals surface area contributed by atoms with Crippen LogP contribution in [-0.2, 0) is 10.0 Å². The molecule has 1 aromatic heterocycles. The van der Waals surface area contributed by atoms with Crippen LogP contribution in [0.15, 0.2) is 41.3 Å². The second kappa shape index (κ2) is 5.43. The molecule has 0 aliphatic carbocycles. The maximum atomic E-state index is 11.6. The minimum absolute atomic E-state index is 0.0832. The molecule has 0 amide bonds. The number of hydrogen-bond acceptors (Lipinski definition) is 4. The van der Waals surface area contributed by atoms with Gasteiger partial charge in [-0.1, -0.05) is 18.2 Å². The Morgan fingerprint density at radius 2 is 1.84 bits per heavy atom. The Hall–Kier alpha value is -1.19. The normalized spacial score (nSPS) is 11.3. The fraction of sp³-hybridized carbons (Fsp3) is 0.0833. The average Bonchev–Trinajstić information content (AvgIpc) is 2.37. The van der Waals surface area contributed by atoms with E-state index in [2.05, 4.69) is 4.98 Å². The van der Waals surface area contributed by atoms with Gasteiger partial charge in [-0.3, -0.25) is 0 Å². The molecule has 7 heteroatoms. The van der Waals surface area contributed by atoms with Crippen LogP contribution in [0, 0.1) is 3.70 Å². The number of primary sulfonamides is 1. The van der Waals surface area contributed by atoms with E-state index in [1.807, 2.05) is 22.6 Å². The molecule has 0 atom stereocenters. The largest absolute Gasteiger partial charge is 0.481 e. The van der Waals surface area contributed by atoms with E-state index in [-0.39, 0.29) is 4.90 Å². The Morgan fingerprint density at radius 3 is 2.42 bits per heavy atom. The number of aromatic nitrogens is 1. The third-order valence-corrected chi connectivity index (χ3v) is 4.31. The van der Waals surface area contributed by atoms with Gasteiger partial charge in [-0.05, 0) is 34.7 Å². The van der Waals surface area contributed by atoms with Crippen LogP contribution < -0.4 is 9.88 Å². The fourth-order valence-electron chi connectivity index (χ4n) is 1.67. The van der Waals surface area contributed by atoms with Gasteiger partial charge >= 0.3 is 0 Å². The minimum Gasteiger partial charge on any atom is -0.481 e. The number of methoxy groups -OCH3 is 1. The summed E-state index contributed by atoms with van der Waals surface area (Å²) >= 11 is 2.03. The van der Waals surface area contributed by atoms with Gasteiger partial charge in [0.15, 0.2) is 0 Å². The summed E-state index contributed by atoms with van der Waals surface area (Å²) in [6.45, 7) is 0. The number of ether oxygens (including phenoxy) is 1. The van der Waals surface area contributed by atoms with Gasteiger partial charge in [0.2, 0.25) is 15.9 Å². The number of nitrogens with two attached hydrogens (primary N) is 1. The zero-order valence-corrected chi connectivity index (χ0v) is 13.0. The fourth-order valence-corrected chi connectivity index (χ4v) is 3.13. The molecule has 2 aromatic rings. The van der Waals surface area contributed by atoms with Crippen molar-refractivity contribution in [2.24, 2.45) is 5.14 Å². The van der Waals surface area contributed by atoms with E-state index in [9.17, 15) is 8.42 Å². The Morgan fingerprint density at radius 1 is 1.16 bits per heavy atom. The number of benzene rings is 1. The molecule has 2 N–H and O–H groups in total. The molecule has 2 rings (SSSR count). The molecular weight excluding hydrogens is 379 g/mol. The minimum atomic E-state index is -3.78. The number of pyridine rings is 1. The van der Waals surface area contributed by atoms with E-state index in [1.54, 1.807) is 30.3 Å². The lowest BCUT2D eigenvalue weighted by Gasteiger charge is -2.10. The molecule has 1 aromatic carbocycles. The number of halogens is 1. The van der Waals surface area contributed by atoms with E-state index in [4.69, 9.17) is 9.88 Å². The van der Waals surface area contributed by atoms with Crippen molar-refractivity contribution in [2.75, 3.05) is 7.11 Å². The molecule has 5 nitrogen and oxygen atoms in total. The summed E-state index contributed by atoms with van der Waals surface area (Å²) in [5.41, 5.74) is 1.23. The Balaban J connectivity index is 2.66. The molecule has 0 aliphatic rings. The summed E-state index contributed by atoms with van der Waals surface area (Å²) in [7, 11) is -2.25. The van der Waals surface area contributed by atoms with E-state index in [0.29, 0.717) is 20.7 Å². The molecule has 0 bridgehead atoms. The topological polar surface area (TPSA) is 82.3 Å². The summed E-state index contributed by atoms with van der Waals surface area (Å²) in [6, 6.07) is 10.0. The van der Waals surface area contributed by atoms with Crippen LogP contribution in [0.3, 0.4) is 0 Å². The predicted molar refractivity (Wildman–Crippen MR) is 80.3 cm³/mol. The van der Waals surface area contributed by atoms with E-state index < -0.39 is 10.0 Å². The van der Waals surface area contributed by atoms with Gasteiger partial charge in [-0.2, -0.15) is 0 Å². The van der Waals surface area contributed by atoms with E-state index >= 15 is 0 Å². The van der Waals surface area contributed by atoms with Crippen molar-refractivity contribution in [2.45, 2.75) is 4.90 Å². The first-order chi connectivity index (χ1) is 8.93. The number of nitrogens with zero attached hydrogens (tertiary/aromatic N) is 1. The molecule has 1 heterocycles. The highest BCUT2D eigenvalue weighted by Gasteiger charge is 2.17. The van der Waals surface area contributed by atoms with Crippen molar-refractivity contribution >= 4 is 32.6 Å². The summed E-state index contributed by atoms with van der Waals surface area (Å²) in [5, 5.41) is 5.23. The monoisotopic (exact) mass is 390 g/mol. The highest BCUT2D eigenvalue weighted by molar-refractivity contribution is 14.1. The van der Waals surface area contributed by atoms with Gasteiger partial charge in [-0.25, -0.2) is 18.5 Å². The first-order valence-electron chi connectivity index (χ1n) is 5.26. The second-order valence-corrected chi connectivity index (χ2v) is 6.28. The van der Waals surface area contributed by atoms with E-state index in [0.717, 1.165) is 0 Å². The molecule has 0 fully saturated rings. The van der Waals surface area contributed by atoms with Gasteiger partial charge in [-0.15, -0.1) is 0 Å². The molecule has 0 aliphatic heterocycles. The first-order valence-corrected chi connectivity index (χ1v) is 7.88. The molecule has 0 saturated carbocycles. The van der Waals surface area contributed by atoms with Gasteiger partial charge in [0.25, 0.3) is 0 Å². The van der Waals surface area contributed by atoms with Gasteiger partial charge in [0, 0.05) is 17.2 Å². The predicted octanol–water partition coefficient (Wildman–Crippen LogP) is 2.01. The Labute approximate surface area is 125 Å². The van der Waals surface area contributed by atoms with Crippen molar-refractivity contribution in [3.05, 3.63) is 40.1 Å². The third-order valence-electron chi connectivity index (χ3n) is 2.52. The summed E-state index contributed by atoms with van der Waals surface area (Å²) in [4.78, 5) is 4.30. The summed E-state index contributed by atoms with van der Waals surface area (Å²) in [5.74, 6) is 0.473. The molecule has 0 radical (unpaired) electrons. The van der Waals surface area contributed by atoms with Crippen LogP contribution in [0.5, 0.6) is 5.88 Å². The highest BCUT2D eigenvalue weighted by atomic mass is 127. The standard InChI is InChI=1S/C12H11IN2O3S/c1-18-11-7-6-9(12(13)15-11)8-4-2-3-5-10(8)19(14,16)17/h2-7H,1H3,(H2,14,16,17). The van der Waals surface area contributed by atoms with Gasteiger partial charge in [0.05, 0.1) is 12.0 Å². The SMILES string of the molecule is COc1ccc(-c2ccccc2S(N)(=O)=O)c(I)n1. The van der Waals surface area contributed by atoms with Crippen LogP contribution in [0.1, 0.15) is 0 Å². The van der Waals surface area contributed by atoms with Gasteiger partial charge < -0.3 is 4.74 Å². The maximum Gasteiger partial charge on any atom is 0.238 e. The van der Waals surface area contributed by atoms with Crippen molar-refractivity contribution in [1.29, 1.82) is 0 Å². The Kier molecular flexibility index (Phi) is 4.07. The molecular formula is C12H11IN2O3S. The number of rotatable bonds is 3. The van der Waals surface area contributed by atoms with E-state index in [1.165, 1.54) is 13.2 Å². The highest BCUT2D eigenvalue weighted by Crippen LogP contribution is 2.30. The molecule has 100 valence electrons. The zero-order valence-electron chi connectivity index (χ0n) is 10.00. The van der Waals surface area contributed by atoms with Gasteiger partial charge in [0.1, 0.15) is 3.70 Å². The second-order valence-electron chi connectivity index (χ2n) is 3.73. The molecule has 0 saturated heterocycles. The van der Waals surface area contributed by atoms with Crippen LogP contribution >= 0.6 is 22.6 Å². The van der Waals surface area contributed by atoms with Crippen molar-refractivity contribution in [1.82, 2.24) is 4.98 Å². The van der Waals surface area contributed by atoms with Crippen LogP contribution in [0.4, 0.5) is 0 Å². The first kappa shape index (κ1) is 14.2. The summed E-state index contributed by atoms with van der Waals surface area (Å²) < 4.78 is 28.9. The maximum absolute atomic E-state index is 11.6. The van der Waals surface area contributed by atoms with Crippen molar-refractivity contribution in [3.63, 3.8) is 0 Å². The van der Waals surface area contributed by atoms with Crippen LogP contribution in [0.2, 0.25) is 0 Å². The number of sulfonamides is 1. The lowest BCUT2D eigenvalue weighted by atomic mass is 10.1. The lowest BCUT2D eigenvalue weighted by molar-refractivity contribution is 0.397. The van der Waals surface area contributed by atoms with Crippen molar-refractivity contribution < 1.29 is 13.2 Å². The summed E-state index contributed by atoms with van der Waals surface area (Å²) in [6.07, 6.45) is 0. The molecule has 0 spiro atoms. The number of hydrogen-bond donors (Lipinski definition) is 1. The third kappa shape index (κ3) is 3.04. The van der Waals surface area contributed by atoms with Crippen LogP contribution in [0.25, 0.3) is 11.1 Å². The van der Waals surface area contributed by atoms with Crippen molar-refractivity contribution in [3.8, 4) is 17.0 Å². The molecule has 19 heavy (non-hydrogen) atoms. The quantitative estimate of drug-likeness (QED) is 0.642. The zero-order chi connectivity index (χ0) is 14.0. The smallest absolute Gasteiger partial charge is 0.238 e. The molecule has 0 unspecified atom stereocenters.